The molecule has 2 rings (SSSR count). The topological polar surface area (TPSA) is 68.2 Å². The van der Waals surface area contributed by atoms with Gasteiger partial charge in [0, 0.05) is 18.9 Å². The van der Waals surface area contributed by atoms with E-state index in [-0.39, 0.29) is 5.97 Å². The van der Waals surface area contributed by atoms with Crippen molar-refractivity contribution in [2.75, 3.05) is 11.9 Å². The highest BCUT2D eigenvalue weighted by Gasteiger charge is 2.06. The van der Waals surface area contributed by atoms with Crippen molar-refractivity contribution < 1.29 is 9.53 Å². The Labute approximate surface area is 134 Å². The Morgan fingerprint density at radius 1 is 1.32 bits per heavy atom. The Hall–Kier alpha value is -2.41. The van der Waals surface area contributed by atoms with Crippen molar-refractivity contribution >= 4 is 29.0 Å². The molecule has 116 valence electrons. The molecule has 0 aliphatic rings. The van der Waals surface area contributed by atoms with Crippen LogP contribution in [-0.4, -0.2) is 27.5 Å². The third-order valence-corrected chi connectivity index (χ3v) is 3.10. The van der Waals surface area contributed by atoms with Gasteiger partial charge in [-0.25, -0.2) is 4.79 Å². The van der Waals surface area contributed by atoms with Crippen molar-refractivity contribution in [2.45, 2.75) is 13.5 Å². The van der Waals surface area contributed by atoms with Crippen LogP contribution in [0.5, 0.6) is 0 Å². The lowest BCUT2D eigenvalue weighted by Crippen LogP contribution is -2.28. The molecular weight excluding hydrogens is 300 g/mol. The van der Waals surface area contributed by atoms with E-state index in [1.54, 1.807) is 35.9 Å². The predicted molar refractivity (Wildman–Crippen MR) is 88.7 cm³/mol. The van der Waals surface area contributed by atoms with Gasteiger partial charge in [0.25, 0.3) is 0 Å². The average molecular weight is 318 g/mol. The number of benzene rings is 1. The van der Waals surface area contributed by atoms with Crippen LogP contribution >= 0.6 is 12.2 Å². The van der Waals surface area contributed by atoms with Crippen molar-refractivity contribution in [3.05, 3.63) is 47.8 Å². The minimum atomic E-state index is -0.329. The fraction of sp³-hybridized carbons (Fsp3) is 0.267. The second-order valence-corrected chi connectivity index (χ2v) is 4.99. The molecule has 0 atom stereocenters. The quantitative estimate of drug-likeness (QED) is 0.650. The van der Waals surface area contributed by atoms with Gasteiger partial charge in [-0.05, 0) is 49.5 Å². The van der Waals surface area contributed by atoms with E-state index in [1.165, 1.54) is 0 Å². The van der Waals surface area contributed by atoms with Gasteiger partial charge >= 0.3 is 5.97 Å². The number of hydrogen-bond acceptors (Lipinski definition) is 4. The lowest BCUT2D eigenvalue weighted by molar-refractivity contribution is 0.0526. The summed E-state index contributed by atoms with van der Waals surface area (Å²) in [5.41, 5.74) is 2.22. The molecule has 0 bridgehead atoms. The summed E-state index contributed by atoms with van der Waals surface area (Å²) in [4.78, 5) is 11.5. The predicted octanol–water partition coefficient (Wildman–Crippen LogP) is 2.08. The number of carbonyl (C=O) groups excluding carboxylic acids is 1. The fourth-order valence-electron chi connectivity index (χ4n) is 1.81. The second-order valence-electron chi connectivity index (χ2n) is 4.59. The van der Waals surface area contributed by atoms with E-state index in [9.17, 15) is 4.79 Å². The van der Waals surface area contributed by atoms with Gasteiger partial charge in [0.15, 0.2) is 5.11 Å². The maximum Gasteiger partial charge on any atom is 0.338 e. The number of anilines is 1. The molecular formula is C15H18N4O2S. The highest BCUT2D eigenvalue weighted by Crippen LogP contribution is 2.10. The van der Waals surface area contributed by atoms with Gasteiger partial charge in [-0.1, -0.05) is 0 Å². The molecule has 1 aromatic carbocycles. The zero-order valence-corrected chi connectivity index (χ0v) is 13.3. The SMILES string of the molecule is CCOC(=O)c1ccc(NC(=S)NCc2ccn(C)n2)cc1. The van der Waals surface area contributed by atoms with Crippen LogP contribution in [0, 0.1) is 0 Å². The summed E-state index contributed by atoms with van der Waals surface area (Å²) in [6.45, 7) is 2.69. The summed E-state index contributed by atoms with van der Waals surface area (Å²) in [6, 6.07) is 8.87. The molecule has 22 heavy (non-hydrogen) atoms. The first-order valence-corrected chi connectivity index (χ1v) is 7.30. The highest BCUT2D eigenvalue weighted by atomic mass is 32.1. The normalized spacial score (nSPS) is 10.1. The Morgan fingerprint density at radius 3 is 2.64 bits per heavy atom. The molecule has 0 radical (unpaired) electrons. The largest absolute Gasteiger partial charge is 0.462 e. The number of thiocarbonyl (C=S) groups is 1. The third-order valence-electron chi connectivity index (χ3n) is 2.85. The molecule has 0 saturated carbocycles. The van der Waals surface area contributed by atoms with Crippen LogP contribution in [0.2, 0.25) is 0 Å². The number of aryl methyl sites for hydroxylation is 1. The van der Waals surface area contributed by atoms with Crippen LogP contribution in [-0.2, 0) is 18.3 Å². The second kappa shape index (κ2) is 7.56. The first-order valence-electron chi connectivity index (χ1n) is 6.89. The van der Waals surface area contributed by atoms with Crippen LogP contribution in [0.15, 0.2) is 36.5 Å². The molecule has 0 amide bonds. The molecule has 0 saturated heterocycles. The van der Waals surface area contributed by atoms with E-state index in [4.69, 9.17) is 17.0 Å². The lowest BCUT2D eigenvalue weighted by atomic mass is 10.2. The number of ether oxygens (including phenoxy) is 1. The minimum absolute atomic E-state index is 0.329. The molecule has 0 aliphatic carbocycles. The van der Waals surface area contributed by atoms with Gasteiger partial charge in [-0.15, -0.1) is 0 Å². The molecule has 1 aromatic heterocycles. The monoisotopic (exact) mass is 318 g/mol. The maximum atomic E-state index is 11.5. The molecule has 2 N–H and O–H groups in total. The van der Waals surface area contributed by atoms with E-state index >= 15 is 0 Å². The van der Waals surface area contributed by atoms with Gasteiger partial charge in [-0.2, -0.15) is 5.10 Å². The van der Waals surface area contributed by atoms with Crippen molar-refractivity contribution in [1.82, 2.24) is 15.1 Å². The van der Waals surface area contributed by atoms with Crippen LogP contribution in [0.1, 0.15) is 23.0 Å². The van der Waals surface area contributed by atoms with Crippen molar-refractivity contribution in [1.29, 1.82) is 0 Å². The first kappa shape index (κ1) is 16.0. The smallest absolute Gasteiger partial charge is 0.338 e. The zero-order chi connectivity index (χ0) is 15.9. The molecule has 0 unspecified atom stereocenters. The van der Waals surface area contributed by atoms with Crippen LogP contribution in [0.25, 0.3) is 0 Å². The molecule has 1 heterocycles. The summed E-state index contributed by atoms with van der Waals surface area (Å²) in [5.74, 6) is -0.329. The Balaban J connectivity index is 1.85. The van der Waals surface area contributed by atoms with Gasteiger partial charge in [-0.3, -0.25) is 4.68 Å². The van der Waals surface area contributed by atoms with Crippen LogP contribution in [0.3, 0.4) is 0 Å². The third kappa shape index (κ3) is 4.56. The van der Waals surface area contributed by atoms with E-state index in [0.29, 0.717) is 23.8 Å². The van der Waals surface area contributed by atoms with Crippen molar-refractivity contribution in [3.63, 3.8) is 0 Å². The summed E-state index contributed by atoms with van der Waals surface area (Å²) in [6.07, 6.45) is 1.88. The van der Waals surface area contributed by atoms with E-state index < -0.39 is 0 Å². The average Bonchev–Trinajstić information content (AvgIpc) is 2.92. The van der Waals surface area contributed by atoms with Crippen molar-refractivity contribution in [3.8, 4) is 0 Å². The van der Waals surface area contributed by atoms with Gasteiger partial charge in [0.2, 0.25) is 0 Å². The Bertz CT molecular complexity index is 652. The summed E-state index contributed by atoms with van der Waals surface area (Å²) >= 11 is 5.22. The van der Waals surface area contributed by atoms with E-state index in [2.05, 4.69) is 15.7 Å². The van der Waals surface area contributed by atoms with E-state index in [1.807, 2.05) is 19.3 Å². The number of esters is 1. The summed E-state index contributed by atoms with van der Waals surface area (Å²) in [5, 5.41) is 10.9. The molecule has 7 heteroatoms. The van der Waals surface area contributed by atoms with Gasteiger partial charge < -0.3 is 15.4 Å². The molecule has 6 nitrogen and oxygen atoms in total. The van der Waals surface area contributed by atoms with E-state index in [0.717, 1.165) is 11.4 Å². The number of aromatic nitrogens is 2. The minimum Gasteiger partial charge on any atom is -0.462 e. The maximum absolute atomic E-state index is 11.5. The molecule has 0 aliphatic heterocycles. The summed E-state index contributed by atoms with van der Waals surface area (Å²) in [7, 11) is 1.87. The van der Waals surface area contributed by atoms with Gasteiger partial charge in [0.05, 0.1) is 24.4 Å². The number of nitrogens with zero attached hydrogens (tertiary/aromatic N) is 2. The Morgan fingerprint density at radius 2 is 2.05 bits per heavy atom. The summed E-state index contributed by atoms with van der Waals surface area (Å²) < 4.78 is 6.67. The number of hydrogen-bond donors (Lipinski definition) is 2. The standard InChI is InChI=1S/C15H18N4O2S/c1-3-21-14(20)11-4-6-12(7-5-11)17-15(22)16-10-13-8-9-19(2)18-13/h4-9H,3,10H2,1-2H3,(H2,16,17,22). The van der Waals surface area contributed by atoms with Crippen molar-refractivity contribution in [2.24, 2.45) is 7.05 Å². The van der Waals surface area contributed by atoms with Crippen LogP contribution < -0.4 is 10.6 Å². The fourth-order valence-corrected chi connectivity index (χ4v) is 2.00. The lowest BCUT2D eigenvalue weighted by Gasteiger charge is -2.10. The zero-order valence-electron chi connectivity index (χ0n) is 12.5. The van der Waals surface area contributed by atoms with Crippen LogP contribution in [0.4, 0.5) is 5.69 Å². The Kier molecular flexibility index (Phi) is 5.48. The highest BCUT2D eigenvalue weighted by molar-refractivity contribution is 7.80. The van der Waals surface area contributed by atoms with Gasteiger partial charge in [0.1, 0.15) is 0 Å². The molecule has 2 aromatic rings. The number of rotatable bonds is 5. The molecule has 0 spiro atoms. The number of nitrogens with one attached hydrogen (secondary N) is 2. The first-order chi connectivity index (χ1) is 10.6. The number of carbonyl (C=O) groups is 1. The molecule has 0 fully saturated rings.